The molecule has 0 amide bonds. The molecule has 2 aliphatic rings. The Kier molecular flexibility index (Phi) is 3.50. The highest BCUT2D eigenvalue weighted by molar-refractivity contribution is 5.46. The van der Waals surface area contributed by atoms with Crippen molar-refractivity contribution < 1.29 is 0 Å². The zero-order valence-electron chi connectivity index (χ0n) is 11.9. The van der Waals surface area contributed by atoms with E-state index in [1.54, 1.807) is 0 Å². The summed E-state index contributed by atoms with van der Waals surface area (Å²) in [5, 5.41) is 0. The van der Waals surface area contributed by atoms with Gasteiger partial charge in [-0.3, -0.25) is 4.90 Å². The molecule has 3 nitrogen and oxygen atoms in total. The van der Waals surface area contributed by atoms with E-state index in [1.807, 2.05) is 0 Å². The highest BCUT2D eigenvalue weighted by Gasteiger charge is 2.39. The predicted molar refractivity (Wildman–Crippen MR) is 80.4 cm³/mol. The van der Waals surface area contributed by atoms with E-state index in [0.717, 1.165) is 38.6 Å². The number of nitrogens with two attached hydrogens (primary N) is 1. The zero-order chi connectivity index (χ0) is 13.3. The van der Waals surface area contributed by atoms with Crippen molar-refractivity contribution in [3.8, 4) is 0 Å². The highest BCUT2D eigenvalue weighted by Crippen LogP contribution is 2.38. The van der Waals surface area contributed by atoms with Crippen molar-refractivity contribution in [2.45, 2.75) is 25.3 Å². The van der Waals surface area contributed by atoms with E-state index in [-0.39, 0.29) is 5.54 Å². The van der Waals surface area contributed by atoms with Crippen molar-refractivity contribution in [3.05, 3.63) is 30.3 Å². The quantitative estimate of drug-likeness (QED) is 0.897. The molecule has 3 rings (SSSR count). The van der Waals surface area contributed by atoms with Gasteiger partial charge in [-0.2, -0.15) is 0 Å². The average Bonchev–Trinajstić information content (AvgIpc) is 3.25. The van der Waals surface area contributed by atoms with Crippen molar-refractivity contribution >= 4 is 5.69 Å². The molecule has 1 unspecified atom stereocenters. The van der Waals surface area contributed by atoms with Crippen LogP contribution in [0.5, 0.6) is 0 Å². The normalized spacial score (nSPS) is 24.2. The van der Waals surface area contributed by atoms with Crippen molar-refractivity contribution in [3.63, 3.8) is 0 Å². The lowest BCUT2D eigenvalue weighted by Gasteiger charge is -2.39. The maximum Gasteiger partial charge on any atom is 0.0367 e. The molecule has 104 valence electrons. The Bertz CT molecular complexity index is 403. The second kappa shape index (κ2) is 5.14. The van der Waals surface area contributed by atoms with Crippen molar-refractivity contribution in [1.82, 2.24) is 4.90 Å². The molecule has 1 aliphatic heterocycles. The molecule has 3 heteroatoms. The molecule has 1 aromatic rings. The van der Waals surface area contributed by atoms with Gasteiger partial charge in [0.15, 0.2) is 0 Å². The van der Waals surface area contributed by atoms with Gasteiger partial charge in [0.2, 0.25) is 0 Å². The first-order valence-electron chi connectivity index (χ1n) is 7.46. The first-order chi connectivity index (χ1) is 9.15. The van der Waals surface area contributed by atoms with Gasteiger partial charge >= 0.3 is 0 Å². The summed E-state index contributed by atoms with van der Waals surface area (Å²) in [4.78, 5) is 5.01. The molecule has 1 saturated heterocycles. The van der Waals surface area contributed by atoms with Crippen molar-refractivity contribution in [1.29, 1.82) is 0 Å². The molecule has 1 atom stereocenters. The fourth-order valence-electron chi connectivity index (χ4n) is 3.16. The zero-order valence-corrected chi connectivity index (χ0v) is 11.9. The van der Waals surface area contributed by atoms with E-state index >= 15 is 0 Å². The molecule has 2 N–H and O–H groups in total. The number of hydrogen-bond donors (Lipinski definition) is 1. The van der Waals surface area contributed by atoms with Gasteiger partial charge < -0.3 is 10.6 Å². The van der Waals surface area contributed by atoms with Gasteiger partial charge in [0.05, 0.1) is 0 Å². The van der Waals surface area contributed by atoms with Crippen LogP contribution in [0, 0.1) is 5.92 Å². The summed E-state index contributed by atoms with van der Waals surface area (Å²) in [5.41, 5.74) is 7.81. The lowest BCUT2D eigenvalue weighted by Crippen LogP contribution is -2.55. The first-order valence-corrected chi connectivity index (χ1v) is 7.46. The molecule has 1 aromatic carbocycles. The molecule has 0 bridgehead atoms. The molecule has 0 aromatic heterocycles. The molecule has 0 radical (unpaired) electrons. The van der Waals surface area contributed by atoms with Crippen molar-refractivity contribution in [2.24, 2.45) is 11.7 Å². The van der Waals surface area contributed by atoms with E-state index in [1.165, 1.54) is 18.5 Å². The summed E-state index contributed by atoms with van der Waals surface area (Å²) in [5.74, 6) is 0.764. The lowest BCUT2D eigenvalue weighted by molar-refractivity contribution is 0.193. The summed E-state index contributed by atoms with van der Waals surface area (Å²) in [6.07, 6.45) is 2.66. The Labute approximate surface area is 116 Å². The van der Waals surface area contributed by atoms with E-state index in [4.69, 9.17) is 5.73 Å². The van der Waals surface area contributed by atoms with Crippen LogP contribution >= 0.6 is 0 Å². The van der Waals surface area contributed by atoms with Crippen LogP contribution in [-0.2, 0) is 0 Å². The summed E-state index contributed by atoms with van der Waals surface area (Å²) >= 11 is 0. The number of para-hydroxylation sites is 1. The minimum Gasteiger partial charge on any atom is -0.369 e. The Balaban J connectivity index is 1.52. The van der Waals surface area contributed by atoms with Gasteiger partial charge in [0.1, 0.15) is 0 Å². The standard InChI is InChI=1S/C16H25N3/c1-16(17,14-7-8-14)13-18-9-11-19(12-10-18)15-5-3-2-4-6-15/h2-6,14H,7-13,17H2,1H3. The topological polar surface area (TPSA) is 32.5 Å². The first kappa shape index (κ1) is 12.9. The number of hydrogen-bond acceptors (Lipinski definition) is 3. The Morgan fingerprint density at radius 3 is 2.32 bits per heavy atom. The van der Waals surface area contributed by atoms with Gasteiger partial charge in [-0.1, -0.05) is 18.2 Å². The van der Waals surface area contributed by atoms with Crippen LogP contribution in [0.25, 0.3) is 0 Å². The molecular formula is C16H25N3. The van der Waals surface area contributed by atoms with E-state index in [9.17, 15) is 0 Å². The Morgan fingerprint density at radius 1 is 1.11 bits per heavy atom. The molecule has 1 saturated carbocycles. The third-order valence-corrected chi connectivity index (χ3v) is 4.57. The van der Waals surface area contributed by atoms with Crippen LogP contribution in [-0.4, -0.2) is 43.2 Å². The monoisotopic (exact) mass is 259 g/mol. The number of anilines is 1. The molecular weight excluding hydrogens is 234 g/mol. The van der Waals surface area contributed by atoms with Gasteiger partial charge in [-0.25, -0.2) is 0 Å². The fraction of sp³-hybridized carbons (Fsp3) is 0.625. The van der Waals surface area contributed by atoms with Crippen LogP contribution in [0.4, 0.5) is 5.69 Å². The SMILES string of the molecule is CC(N)(CN1CCN(c2ccccc2)CC1)C1CC1. The van der Waals surface area contributed by atoms with E-state index < -0.39 is 0 Å². The molecule has 0 spiro atoms. The number of rotatable bonds is 4. The highest BCUT2D eigenvalue weighted by atomic mass is 15.3. The fourth-order valence-corrected chi connectivity index (χ4v) is 3.16. The van der Waals surface area contributed by atoms with Crippen LogP contribution in [0.15, 0.2) is 30.3 Å². The smallest absolute Gasteiger partial charge is 0.0367 e. The number of piperazine rings is 1. The van der Waals surface area contributed by atoms with Crippen LogP contribution in [0.1, 0.15) is 19.8 Å². The average molecular weight is 259 g/mol. The summed E-state index contributed by atoms with van der Waals surface area (Å²) in [6, 6.07) is 10.7. The second-order valence-electron chi connectivity index (χ2n) is 6.38. The maximum atomic E-state index is 6.44. The minimum atomic E-state index is 0.0227. The van der Waals surface area contributed by atoms with Crippen molar-refractivity contribution in [2.75, 3.05) is 37.6 Å². The lowest BCUT2D eigenvalue weighted by atomic mass is 9.96. The third-order valence-electron chi connectivity index (χ3n) is 4.57. The summed E-state index contributed by atoms with van der Waals surface area (Å²) < 4.78 is 0. The molecule has 1 heterocycles. The van der Waals surface area contributed by atoms with Gasteiger partial charge in [-0.15, -0.1) is 0 Å². The third kappa shape index (κ3) is 3.10. The summed E-state index contributed by atoms with van der Waals surface area (Å²) in [7, 11) is 0. The molecule has 2 fully saturated rings. The second-order valence-corrected chi connectivity index (χ2v) is 6.38. The van der Waals surface area contributed by atoms with Crippen LogP contribution < -0.4 is 10.6 Å². The van der Waals surface area contributed by atoms with E-state index in [2.05, 4.69) is 47.1 Å². The van der Waals surface area contributed by atoms with E-state index in [0.29, 0.717) is 0 Å². The minimum absolute atomic E-state index is 0.0227. The number of nitrogens with zero attached hydrogens (tertiary/aromatic N) is 2. The largest absolute Gasteiger partial charge is 0.369 e. The molecule has 1 aliphatic carbocycles. The van der Waals surface area contributed by atoms with Crippen LogP contribution in [0.2, 0.25) is 0 Å². The predicted octanol–water partition coefficient (Wildman–Crippen LogP) is 1.94. The van der Waals surface area contributed by atoms with Gasteiger partial charge in [0.25, 0.3) is 0 Å². The van der Waals surface area contributed by atoms with Gasteiger partial charge in [0, 0.05) is 44.0 Å². The van der Waals surface area contributed by atoms with Crippen LogP contribution in [0.3, 0.4) is 0 Å². The Hall–Kier alpha value is -1.06. The van der Waals surface area contributed by atoms with Gasteiger partial charge in [-0.05, 0) is 37.8 Å². The Morgan fingerprint density at radius 2 is 1.74 bits per heavy atom. The maximum absolute atomic E-state index is 6.44. The number of benzene rings is 1. The molecule has 19 heavy (non-hydrogen) atoms. The summed E-state index contributed by atoms with van der Waals surface area (Å²) in [6.45, 7) is 7.78.